The number of nitro benzene ring substituents is 1. The molecule has 114 valence electrons. The van der Waals surface area contributed by atoms with Crippen LogP contribution in [-0.4, -0.2) is 43.5 Å². The lowest BCUT2D eigenvalue weighted by atomic mass is 10.1. The summed E-state index contributed by atoms with van der Waals surface area (Å²) in [6.07, 6.45) is 0. The van der Waals surface area contributed by atoms with Crippen LogP contribution in [0.15, 0.2) is 18.2 Å². The van der Waals surface area contributed by atoms with Gasteiger partial charge in [0.25, 0.3) is 5.69 Å². The van der Waals surface area contributed by atoms with Gasteiger partial charge in [0.1, 0.15) is 5.69 Å². The van der Waals surface area contributed by atoms with Gasteiger partial charge in [0.15, 0.2) is 0 Å². The molecule has 0 saturated carbocycles. The molecule has 2 amide bonds. The first-order valence-corrected chi connectivity index (χ1v) is 6.03. The molecule has 0 saturated heterocycles. The van der Waals surface area contributed by atoms with E-state index in [9.17, 15) is 19.7 Å². The number of rotatable bonds is 8. The number of carbonyl (C=O) groups is 2. The minimum Gasteiger partial charge on any atom is -0.383 e. The second kappa shape index (κ2) is 7.80. The Morgan fingerprint density at radius 1 is 1.43 bits per heavy atom. The summed E-state index contributed by atoms with van der Waals surface area (Å²) in [5.74, 6) is -1.07. The average Bonchev–Trinajstić information content (AvgIpc) is 2.44. The number of benzene rings is 1. The molecule has 0 heterocycles. The van der Waals surface area contributed by atoms with Crippen LogP contribution in [0.3, 0.4) is 0 Å². The third kappa shape index (κ3) is 5.07. The molecule has 0 radical (unpaired) electrons. The van der Waals surface area contributed by atoms with Crippen LogP contribution in [0.5, 0.6) is 0 Å². The van der Waals surface area contributed by atoms with Crippen molar-refractivity contribution >= 4 is 23.2 Å². The minimum atomic E-state index is -0.711. The van der Waals surface area contributed by atoms with Crippen molar-refractivity contribution in [2.24, 2.45) is 5.73 Å². The molecule has 1 aromatic carbocycles. The van der Waals surface area contributed by atoms with E-state index in [1.807, 2.05) is 0 Å². The number of primary amides is 1. The van der Waals surface area contributed by atoms with E-state index in [2.05, 4.69) is 10.6 Å². The van der Waals surface area contributed by atoms with Crippen LogP contribution in [0.4, 0.5) is 11.4 Å². The molecule has 0 atom stereocenters. The van der Waals surface area contributed by atoms with Crippen LogP contribution in [-0.2, 0) is 9.53 Å². The van der Waals surface area contributed by atoms with Crippen molar-refractivity contribution in [3.63, 3.8) is 0 Å². The van der Waals surface area contributed by atoms with E-state index in [0.29, 0.717) is 13.2 Å². The van der Waals surface area contributed by atoms with Crippen molar-refractivity contribution in [3.8, 4) is 0 Å². The highest BCUT2D eigenvalue weighted by molar-refractivity contribution is 5.95. The number of nitrogens with one attached hydrogen (secondary N) is 2. The number of carbonyl (C=O) groups excluding carboxylic acids is 2. The van der Waals surface area contributed by atoms with Crippen LogP contribution in [0.2, 0.25) is 0 Å². The maximum Gasteiger partial charge on any atom is 0.292 e. The number of amides is 2. The molecule has 21 heavy (non-hydrogen) atoms. The van der Waals surface area contributed by atoms with Gasteiger partial charge in [-0.3, -0.25) is 19.7 Å². The predicted molar refractivity (Wildman–Crippen MR) is 75.0 cm³/mol. The first kappa shape index (κ1) is 16.4. The maximum atomic E-state index is 11.5. The molecule has 0 aliphatic heterocycles. The van der Waals surface area contributed by atoms with Crippen molar-refractivity contribution in [2.75, 3.05) is 32.1 Å². The molecule has 0 fully saturated rings. The number of ether oxygens (including phenoxy) is 1. The molecule has 0 spiro atoms. The Morgan fingerprint density at radius 3 is 2.71 bits per heavy atom. The molecular weight excluding hydrogens is 280 g/mol. The van der Waals surface area contributed by atoms with Gasteiger partial charge in [-0.15, -0.1) is 0 Å². The van der Waals surface area contributed by atoms with Crippen LogP contribution < -0.4 is 16.4 Å². The monoisotopic (exact) mass is 296 g/mol. The molecule has 9 nitrogen and oxygen atoms in total. The number of methoxy groups -OCH3 is 1. The summed E-state index contributed by atoms with van der Waals surface area (Å²) >= 11 is 0. The molecule has 0 unspecified atom stereocenters. The number of hydrogen-bond donors (Lipinski definition) is 3. The quantitative estimate of drug-likeness (QED) is 0.347. The number of anilines is 1. The summed E-state index contributed by atoms with van der Waals surface area (Å²) in [5.41, 5.74) is 5.04. The zero-order chi connectivity index (χ0) is 15.8. The van der Waals surface area contributed by atoms with Gasteiger partial charge in [-0.1, -0.05) is 0 Å². The van der Waals surface area contributed by atoms with Crippen molar-refractivity contribution in [1.29, 1.82) is 0 Å². The average molecular weight is 296 g/mol. The molecule has 0 aliphatic carbocycles. The molecule has 0 aliphatic rings. The van der Waals surface area contributed by atoms with Crippen molar-refractivity contribution in [1.82, 2.24) is 5.32 Å². The highest BCUT2D eigenvalue weighted by Gasteiger charge is 2.16. The maximum absolute atomic E-state index is 11.5. The Kier molecular flexibility index (Phi) is 6.08. The number of nitrogens with zero attached hydrogens (tertiary/aromatic N) is 1. The fourth-order valence-electron chi connectivity index (χ4n) is 1.52. The van der Waals surface area contributed by atoms with Crippen LogP contribution >= 0.6 is 0 Å². The largest absolute Gasteiger partial charge is 0.383 e. The Balaban J connectivity index is 2.75. The SMILES string of the molecule is COCCNC(=O)CNc1cc(C(N)=O)ccc1[N+](=O)[O-]. The van der Waals surface area contributed by atoms with Gasteiger partial charge in [0.2, 0.25) is 11.8 Å². The van der Waals surface area contributed by atoms with E-state index in [0.717, 1.165) is 6.07 Å². The van der Waals surface area contributed by atoms with E-state index >= 15 is 0 Å². The Labute approximate surface area is 120 Å². The van der Waals surface area contributed by atoms with Gasteiger partial charge in [-0.25, -0.2) is 0 Å². The minimum absolute atomic E-state index is 0.0539. The summed E-state index contributed by atoms with van der Waals surface area (Å²) < 4.78 is 4.77. The second-order valence-corrected chi connectivity index (χ2v) is 4.05. The number of nitrogens with two attached hydrogens (primary N) is 1. The third-order valence-electron chi connectivity index (χ3n) is 2.55. The van der Waals surface area contributed by atoms with E-state index in [4.69, 9.17) is 10.5 Å². The van der Waals surface area contributed by atoms with Crippen molar-refractivity contribution in [3.05, 3.63) is 33.9 Å². The van der Waals surface area contributed by atoms with E-state index in [-0.39, 0.29) is 29.4 Å². The smallest absolute Gasteiger partial charge is 0.292 e. The lowest BCUT2D eigenvalue weighted by Gasteiger charge is -2.09. The molecule has 0 aromatic heterocycles. The van der Waals surface area contributed by atoms with Crippen LogP contribution in [0.1, 0.15) is 10.4 Å². The number of nitro groups is 1. The molecule has 0 bridgehead atoms. The van der Waals surface area contributed by atoms with Crippen molar-refractivity contribution in [2.45, 2.75) is 0 Å². The lowest BCUT2D eigenvalue weighted by molar-refractivity contribution is -0.383. The van der Waals surface area contributed by atoms with E-state index in [1.54, 1.807) is 0 Å². The predicted octanol–water partition coefficient (Wildman–Crippen LogP) is -0.132. The summed E-state index contributed by atoms with van der Waals surface area (Å²) in [4.78, 5) is 32.9. The van der Waals surface area contributed by atoms with Gasteiger partial charge >= 0.3 is 0 Å². The summed E-state index contributed by atoms with van der Waals surface area (Å²) in [5, 5.41) is 16.1. The van der Waals surface area contributed by atoms with Gasteiger partial charge < -0.3 is 21.1 Å². The summed E-state index contributed by atoms with van der Waals surface area (Å²) in [6, 6.07) is 3.65. The second-order valence-electron chi connectivity index (χ2n) is 4.05. The molecule has 4 N–H and O–H groups in total. The van der Waals surface area contributed by atoms with Crippen LogP contribution in [0, 0.1) is 10.1 Å². The molecular formula is C12H16N4O5. The fraction of sp³-hybridized carbons (Fsp3) is 0.333. The highest BCUT2D eigenvalue weighted by atomic mass is 16.6. The van der Waals surface area contributed by atoms with E-state index < -0.39 is 10.8 Å². The normalized spacial score (nSPS) is 9.95. The topological polar surface area (TPSA) is 137 Å². The molecule has 9 heteroatoms. The molecule has 1 rings (SSSR count). The zero-order valence-corrected chi connectivity index (χ0v) is 11.4. The molecule has 1 aromatic rings. The summed E-state index contributed by atoms with van der Waals surface area (Å²) in [6.45, 7) is 0.524. The first-order valence-electron chi connectivity index (χ1n) is 6.03. The third-order valence-corrected chi connectivity index (χ3v) is 2.55. The fourth-order valence-corrected chi connectivity index (χ4v) is 1.52. The standard InChI is InChI=1S/C12H16N4O5/c1-21-5-4-14-11(17)7-15-9-6-8(12(13)18)2-3-10(9)16(19)20/h2-3,6,15H,4-5,7H2,1H3,(H2,13,18)(H,14,17). The Hall–Kier alpha value is -2.68. The van der Waals surface area contributed by atoms with Gasteiger partial charge in [0.05, 0.1) is 18.1 Å². The summed E-state index contributed by atoms with van der Waals surface area (Å²) in [7, 11) is 1.50. The van der Waals surface area contributed by atoms with E-state index in [1.165, 1.54) is 19.2 Å². The number of hydrogen-bond acceptors (Lipinski definition) is 6. The van der Waals surface area contributed by atoms with Gasteiger partial charge in [-0.2, -0.15) is 0 Å². The van der Waals surface area contributed by atoms with Crippen LogP contribution in [0.25, 0.3) is 0 Å². The lowest BCUT2D eigenvalue weighted by Crippen LogP contribution is -2.32. The van der Waals surface area contributed by atoms with Gasteiger partial charge in [0, 0.05) is 25.3 Å². The zero-order valence-electron chi connectivity index (χ0n) is 11.4. The first-order chi connectivity index (χ1) is 9.95. The Morgan fingerprint density at radius 2 is 2.14 bits per heavy atom. The van der Waals surface area contributed by atoms with Gasteiger partial charge in [-0.05, 0) is 12.1 Å². The Bertz CT molecular complexity index is 546. The highest BCUT2D eigenvalue weighted by Crippen LogP contribution is 2.25. The van der Waals surface area contributed by atoms with Crippen molar-refractivity contribution < 1.29 is 19.2 Å².